The zero-order chi connectivity index (χ0) is 18.1. The second-order valence-electron chi connectivity index (χ2n) is 4.59. The van der Waals surface area contributed by atoms with Gasteiger partial charge in [-0.1, -0.05) is 23.2 Å². The van der Waals surface area contributed by atoms with Gasteiger partial charge in [0.15, 0.2) is 0 Å². The van der Waals surface area contributed by atoms with Crippen molar-refractivity contribution in [3.8, 4) is 5.75 Å². The van der Waals surface area contributed by atoms with Crippen molar-refractivity contribution in [3.05, 3.63) is 52.0 Å². The molecule has 0 bridgehead atoms. The molecule has 1 N–H and O–H groups in total. The van der Waals surface area contributed by atoms with Crippen molar-refractivity contribution in [2.45, 2.75) is 11.1 Å². The molecule has 2 aromatic rings. The molecule has 0 unspecified atom stereocenters. The highest BCUT2D eigenvalue weighted by Crippen LogP contribution is 2.36. The number of hydrogen-bond donors (Lipinski definition) is 1. The number of rotatable bonds is 4. The van der Waals surface area contributed by atoms with Crippen LogP contribution in [-0.4, -0.2) is 15.5 Å². The number of hydrogen-bond acceptors (Lipinski definition) is 3. The highest BCUT2D eigenvalue weighted by atomic mass is 35.5. The quantitative estimate of drug-likeness (QED) is 0.801. The lowest BCUT2D eigenvalue weighted by atomic mass is 10.2. The highest BCUT2D eigenvalue weighted by Gasteiger charge is 2.32. The predicted molar refractivity (Wildman–Crippen MR) is 85.3 cm³/mol. The molecule has 0 saturated carbocycles. The van der Waals surface area contributed by atoms with Crippen LogP contribution >= 0.6 is 23.2 Å². The second kappa shape index (κ2) is 6.70. The number of anilines is 1. The van der Waals surface area contributed by atoms with Crippen LogP contribution in [0.2, 0.25) is 10.0 Å². The summed E-state index contributed by atoms with van der Waals surface area (Å²) in [7, 11) is -3.04. The van der Waals surface area contributed by atoms with Gasteiger partial charge < -0.3 is 4.74 Å². The van der Waals surface area contributed by atoms with Crippen LogP contribution in [0.25, 0.3) is 0 Å². The first-order valence-corrected chi connectivity index (χ1v) is 8.51. The maximum atomic E-state index is 12.8. The Morgan fingerprint density at radius 3 is 2.29 bits per heavy atom. The minimum atomic E-state index is -4.63. The molecule has 0 aliphatic rings. The smallest absolute Gasteiger partial charge is 0.416 e. The largest absolute Gasteiger partial charge is 0.495 e. The van der Waals surface area contributed by atoms with Gasteiger partial charge in [0.05, 0.1) is 23.4 Å². The molecule has 0 heterocycles. The van der Waals surface area contributed by atoms with Gasteiger partial charge in [0.1, 0.15) is 10.6 Å². The summed E-state index contributed by atoms with van der Waals surface area (Å²) < 4.78 is 70.2. The Labute approximate surface area is 146 Å². The van der Waals surface area contributed by atoms with Crippen LogP contribution in [0, 0.1) is 0 Å². The topological polar surface area (TPSA) is 55.4 Å². The van der Waals surface area contributed by atoms with Gasteiger partial charge in [-0.25, -0.2) is 8.42 Å². The predicted octanol–water partition coefficient (Wildman–Crippen LogP) is 4.82. The number of nitrogens with one attached hydrogen (secondary N) is 1. The van der Waals surface area contributed by atoms with Crippen LogP contribution in [-0.2, 0) is 16.2 Å². The van der Waals surface area contributed by atoms with E-state index in [-0.39, 0.29) is 26.4 Å². The third-order valence-electron chi connectivity index (χ3n) is 2.95. The number of ether oxygens (including phenoxy) is 1. The number of alkyl halides is 3. The van der Waals surface area contributed by atoms with E-state index < -0.39 is 21.8 Å². The zero-order valence-corrected chi connectivity index (χ0v) is 14.3. The SMILES string of the molecule is COc1ccc(C(F)(F)F)cc1NS(=O)(=O)c1ccc(Cl)cc1Cl. The van der Waals surface area contributed by atoms with E-state index in [0.717, 1.165) is 18.2 Å². The van der Waals surface area contributed by atoms with Crippen molar-refractivity contribution in [2.75, 3.05) is 11.8 Å². The summed E-state index contributed by atoms with van der Waals surface area (Å²) in [5, 5.41) is 0.0524. The van der Waals surface area contributed by atoms with E-state index in [2.05, 4.69) is 0 Å². The minimum Gasteiger partial charge on any atom is -0.495 e. The van der Waals surface area contributed by atoms with E-state index in [4.69, 9.17) is 27.9 Å². The van der Waals surface area contributed by atoms with Crippen LogP contribution in [0.15, 0.2) is 41.3 Å². The molecule has 0 aliphatic carbocycles. The first kappa shape index (κ1) is 18.7. The van der Waals surface area contributed by atoms with Gasteiger partial charge >= 0.3 is 6.18 Å². The molecule has 0 fully saturated rings. The minimum absolute atomic E-state index is 0.0725. The highest BCUT2D eigenvalue weighted by molar-refractivity contribution is 7.92. The summed E-state index contributed by atoms with van der Waals surface area (Å²) in [6, 6.07) is 6.09. The van der Waals surface area contributed by atoms with Crippen LogP contribution in [0.3, 0.4) is 0 Å². The van der Waals surface area contributed by atoms with E-state index in [1.165, 1.54) is 19.2 Å². The fourth-order valence-electron chi connectivity index (χ4n) is 1.86. The van der Waals surface area contributed by atoms with Crippen LogP contribution < -0.4 is 9.46 Å². The normalized spacial score (nSPS) is 12.1. The lowest BCUT2D eigenvalue weighted by Crippen LogP contribution is -2.15. The molecule has 0 radical (unpaired) electrons. The monoisotopic (exact) mass is 399 g/mol. The molecule has 0 aromatic heterocycles. The third-order valence-corrected chi connectivity index (χ3v) is 5.04. The van der Waals surface area contributed by atoms with Gasteiger partial charge in [-0.2, -0.15) is 13.2 Å². The molecule has 0 saturated heterocycles. The molecule has 24 heavy (non-hydrogen) atoms. The average Bonchev–Trinajstić information content (AvgIpc) is 2.45. The molecule has 4 nitrogen and oxygen atoms in total. The lowest BCUT2D eigenvalue weighted by Gasteiger charge is -2.15. The fraction of sp³-hybridized carbons (Fsp3) is 0.143. The van der Waals surface area contributed by atoms with E-state index >= 15 is 0 Å². The van der Waals surface area contributed by atoms with Crippen LogP contribution in [0.4, 0.5) is 18.9 Å². The molecule has 0 spiro atoms. The van der Waals surface area contributed by atoms with E-state index in [1.54, 1.807) is 0 Å². The number of benzene rings is 2. The molecule has 2 aromatic carbocycles. The van der Waals surface area contributed by atoms with Crippen LogP contribution in [0.5, 0.6) is 5.75 Å². The zero-order valence-electron chi connectivity index (χ0n) is 12.0. The summed E-state index contributed by atoms with van der Waals surface area (Å²) in [6.45, 7) is 0. The first-order valence-electron chi connectivity index (χ1n) is 6.27. The summed E-state index contributed by atoms with van der Waals surface area (Å²) in [4.78, 5) is -0.326. The summed E-state index contributed by atoms with van der Waals surface area (Å²) in [6.07, 6.45) is -4.63. The van der Waals surface area contributed by atoms with Crippen molar-refractivity contribution >= 4 is 38.9 Å². The van der Waals surface area contributed by atoms with E-state index in [9.17, 15) is 21.6 Å². The van der Waals surface area contributed by atoms with E-state index in [0.29, 0.717) is 6.07 Å². The van der Waals surface area contributed by atoms with Gasteiger partial charge in [0, 0.05) is 5.02 Å². The summed E-state index contributed by atoms with van der Waals surface area (Å²) >= 11 is 11.5. The number of halogens is 5. The molecule has 2 rings (SSSR count). The van der Waals surface area contributed by atoms with Gasteiger partial charge in [0.2, 0.25) is 0 Å². The summed E-state index contributed by atoms with van der Waals surface area (Å²) in [5.74, 6) is -0.0725. The summed E-state index contributed by atoms with van der Waals surface area (Å²) in [5.41, 5.74) is -1.39. The molecular formula is C14H10Cl2F3NO3S. The Balaban J connectivity index is 2.49. The maximum Gasteiger partial charge on any atom is 0.416 e. The molecule has 0 atom stereocenters. The Hall–Kier alpha value is -1.64. The van der Waals surface area contributed by atoms with Crippen molar-refractivity contribution in [3.63, 3.8) is 0 Å². The second-order valence-corrected chi connectivity index (χ2v) is 7.09. The van der Waals surface area contributed by atoms with E-state index in [1.807, 2.05) is 4.72 Å². The first-order chi connectivity index (χ1) is 11.0. The Kier molecular flexibility index (Phi) is 5.22. The molecule has 130 valence electrons. The maximum absolute atomic E-state index is 12.8. The number of sulfonamides is 1. The molecule has 0 aliphatic heterocycles. The molecule has 0 amide bonds. The third kappa shape index (κ3) is 4.06. The Bertz CT molecular complexity index is 870. The fourth-order valence-corrected chi connectivity index (χ4v) is 3.69. The van der Waals surface area contributed by atoms with Gasteiger partial charge in [0.25, 0.3) is 10.0 Å². The van der Waals surface area contributed by atoms with Gasteiger partial charge in [-0.15, -0.1) is 0 Å². The Morgan fingerprint density at radius 2 is 1.75 bits per heavy atom. The van der Waals surface area contributed by atoms with Gasteiger partial charge in [-0.3, -0.25) is 4.72 Å². The van der Waals surface area contributed by atoms with Gasteiger partial charge in [-0.05, 0) is 36.4 Å². The van der Waals surface area contributed by atoms with Crippen molar-refractivity contribution in [1.82, 2.24) is 0 Å². The average molecular weight is 400 g/mol. The van der Waals surface area contributed by atoms with Crippen molar-refractivity contribution < 1.29 is 26.3 Å². The molecule has 10 heteroatoms. The molecular weight excluding hydrogens is 390 g/mol. The van der Waals surface area contributed by atoms with Crippen LogP contribution in [0.1, 0.15) is 5.56 Å². The Morgan fingerprint density at radius 1 is 1.08 bits per heavy atom. The number of methoxy groups -OCH3 is 1. The lowest BCUT2D eigenvalue weighted by molar-refractivity contribution is -0.137. The van der Waals surface area contributed by atoms with Crippen molar-refractivity contribution in [2.24, 2.45) is 0 Å². The standard InChI is InChI=1S/C14H10Cl2F3NO3S/c1-23-12-4-2-8(14(17,18)19)6-11(12)20-24(21,22)13-5-3-9(15)7-10(13)16/h2-7,20H,1H3. The van der Waals surface area contributed by atoms with Crippen molar-refractivity contribution in [1.29, 1.82) is 0 Å².